The van der Waals surface area contributed by atoms with Crippen LogP contribution < -0.4 is 4.74 Å². The first kappa shape index (κ1) is 24.0. The van der Waals surface area contributed by atoms with Crippen molar-refractivity contribution in [2.75, 3.05) is 13.1 Å². The van der Waals surface area contributed by atoms with E-state index in [0.29, 0.717) is 24.7 Å². The highest BCUT2D eigenvalue weighted by atomic mass is 19.1. The molecule has 0 unspecified atom stereocenters. The van der Waals surface area contributed by atoms with E-state index >= 15 is 0 Å². The van der Waals surface area contributed by atoms with Crippen LogP contribution in [0.25, 0.3) is 11.3 Å². The maximum atomic E-state index is 13.8. The number of unbranched alkanes of at least 4 members (excludes halogenated alkanes) is 1. The summed E-state index contributed by atoms with van der Waals surface area (Å²) in [5.74, 6) is 0.665. The van der Waals surface area contributed by atoms with E-state index in [4.69, 9.17) is 9.84 Å². The van der Waals surface area contributed by atoms with Gasteiger partial charge in [-0.05, 0) is 31.5 Å². The van der Waals surface area contributed by atoms with E-state index in [1.54, 1.807) is 16.8 Å². The van der Waals surface area contributed by atoms with Gasteiger partial charge in [0, 0.05) is 31.8 Å². The van der Waals surface area contributed by atoms with E-state index in [1.165, 1.54) is 12.1 Å². The first-order valence-electron chi connectivity index (χ1n) is 11.5. The predicted molar refractivity (Wildman–Crippen MR) is 126 cm³/mol. The Morgan fingerprint density at radius 1 is 1.09 bits per heavy atom. The number of aryl methyl sites for hydroxylation is 1. The Balaban J connectivity index is 1.96. The summed E-state index contributed by atoms with van der Waals surface area (Å²) in [4.78, 5) is 2.25. The van der Waals surface area contributed by atoms with E-state index in [1.807, 2.05) is 37.4 Å². The van der Waals surface area contributed by atoms with Gasteiger partial charge in [-0.3, -0.25) is 4.90 Å². The minimum absolute atomic E-state index is 0.346. The van der Waals surface area contributed by atoms with Crippen molar-refractivity contribution in [1.29, 1.82) is 0 Å². The molecule has 3 rings (SSSR count). The Morgan fingerprint density at radius 3 is 2.56 bits per heavy atom. The summed E-state index contributed by atoms with van der Waals surface area (Å²) < 4.78 is 21.6. The van der Waals surface area contributed by atoms with E-state index < -0.39 is 0 Å². The lowest BCUT2D eigenvalue weighted by atomic mass is 10.1. The summed E-state index contributed by atoms with van der Waals surface area (Å²) in [6, 6.07) is 16.1. The van der Waals surface area contributed by atoms with E-state index in [-0.39, 0.29) is 11.9 Å². The van der Waals surface area contributed by atoms with Crippen molar-refractivity contribution >= 4 is 0 Å². The average Bonchev–Trinajstić information content (AvgIpc) is 3.08. The van der Waals surface area contributed by atoms with Crippen LogP contribution >= 0.6 is 0 Å². The maximum Gasteiger partial charge on any atom is 0.222 e. The SMILES string of the molecule is CCCC[C@@H](O)CN(CCC)Cc1c(-c2ccccc2)nn(C)c1Oc1cccc(F)c1. The molecule has 0 spiro atoms. The van der Waals surface area contributed by atoms with Crippen LogP contribution in [0.15, 0.2) is 54.6 Å². The molecule has 32 heavy (non-hydrogen) atoms. The quantitative estimate of drug-likeness (QED) is 0.389. The van der Waals surface area contributed by atoms with Crippen molar-refractivity contribution < 1.29 is 14.2 Å². The monoisotopic (exact) mass is 439 g/mol. The molecule has 0 aliphatic rings. The first-order chi connectivity index (χ1) is 15.5. The largest absolute Gasteiger partial charge is 0.439 e. The fourth-order valence-electron chi connectivity index (χ4n) is 3.90. The van der Waals surface area contributed by atoms with E-state index in [2.05, 4.69) is 18.7 Å². The highest BCUT2D eigenvalue weighted by molar-refractivity contribution is 5.65. The number of aliphatic hydroxyl groups is 1. The van der Waals surface area contributed by atoms with Crippen molar-refractivity contribution in [2.24, 2.45) is 7.05 Å². The number of benzene rings is 2. The standard InChI is InChI=1S/C26H34FN3O2/c1-4-6-14-22(31)18-30(16-5-2)19-24-25(20-11-8-7-9-12-20)28-29(3)26(24)32-23-15-10-13-21(27)17-23/h7-13,15,17,22,31H,4-6,14,16,18-19H2,1-3H3/t22-/m1/s1. The third kappa shape index (κ3) is 6.40. The van der Waals surface area contributed by atoms with Crippen LogP contribution in [-0.4, -0.2) is 39.0 Å². The molecule has 0 radical (unpaired) electrons. The number of halogens is 1. The second-order valence-corrected chi connectivity index (χ2v) is 8.21. The van der Waals surface area contributed by atoms with Crippen molar-refractivity contribution in [2.45, 2.75) is 52.2 Å². The zero-order valence-electron chi connectivity index (χ0n) is 19.3. The first-order valence-corrected chi connectivity index (χ1v) is 11.5. The summed E-state index contributed by atoms with van der Waals surface area (Å²) in [7, 11) is 1.84. The molecule has 0 aliphatic carbocycles. The Morgan fingerprint density at radius 2 is 1.88 bits per heavy atom. The zero-order chi connectivity index (χ0) is 22.9. The normalized spacial score (nSPS) is 12.3. The lowest BCUT2D eigenvalue weighted by molar-refractivity contribution is 0.0992. The molecule has 0 saturated carbocycles. The molecule has 5 nitrogen and oxygen atoms in total. The Bertz CT molecular complexity index is 974. The van der Waals surface area contributed by atoms with Crippen LogP contribution in [0.3, 0.4) is 0 Å². The minimum atomic E-state index is -0.370. The molecule has 0 aliphatic heterocycles. The molecule has 3 aromatic rings. The highest BCUT2D eigenvalue weighted by Crippen LogP contribution is 2.34. The number of ether oxygens (including phenoxy) is 1. The van der Waals surface area contributed by atoms with Crippen molar-refractivity contribution in [1.82, 2.24) is 14.7 Å². The summed E-state index contributed by atoms with van der Waals surface area (Å²) in [6.07, 6.45) is 3.48. The lowest BCUT2D eigenvalue weighted by Gasteiger charge is -2.25. The molecule has 2 aromatic carbocycles. The highest BCUT2D eigenvalue weighted by Gasteiger charge is 2.23. The van der Waals surface area contributed by atoms with Gasteiger partial charge in [-0.15, -0.1) is 0 Å². The number of aromatic nitrogens is 2. The fraction of sp³-hybridized carbons (Fsp3) is 0.423. The van der Waals surface area contributed by atoms with Crippen molar-refractivity contribution in [3.05, 3.63) is 66.0 Å². The molecule has 172 valence electrons. The molecule has 1 atom stereocenters. The molecule has 1 N–H and O–H groups in total. The van der Waals surface area contributed by atoms with Crippen molar-refractivity contribution in [3.8, 4) is 22.9 Å². The molecule has 0 amide bonds. The van der Waals surface area contributed by atoms with Gasteiger partial charge in [0.1, 0.15) is 17.3 Å². The summed E-state index contributed by atoms with van der Waals surface area (Å²) >= 11 is 0. The van der Waals surface area contributed by atoms with Crippen molar-refractivity contribution in [3.63, 3.8) is 0 Å². The van der Waals surface area contributed by atoms with E-state index in [0.717, 1.165) is 49.0 Å². The smallest absolute Gasteiger partial charge is 0.222 e. The van der Waals surface area contributed by atoms with Gasteiger partial charge in [-0.2, -0.15) is 5.10 Å². The van der Waals surface area contributed by atoms with Gasteiger partial charge in [0.25, 0.3) is 0 Å². The Labute approximate surface area is 190 Å². The summed E-state index contributed by atoms with van der Waals surface area (Å²) in [6.45, 7) is 6.30. The number of hydrogen-bond donors (Lipinski definition) is 1. The third-order valence-electron chi connectivity index (χ3n) is 5.43. The topological polar surface area (TPSA) is 50.5 Å². The van der Waals surface area contributed by atoms with Gasteiger partial charge >= 0.3 is 0 Å². The summed E-state index contributed by atoms with van der Waals surface area (Å²) in [5, 5.41) is 15.3. The molecule has 1 heterocycles. The zero-order valence-corrected chi connectivity index (χ0v) is 19.3. The molecule has 1 aromatic heterocycles. The van der Waals surface area contributed by atoms with Crippen LogP contribution in [0, 0.1) is 5.82 Å². The number of hydrogen-bond acceptors (Lipinski definition) is 4. The maximum absolute atomic E-state index is 13.8. The predicted octanol–water partition coefficient (Wildman–Crippen LogP) is 5.78. The van der Waals surface area contributed by atoms with Crippen LogP contribution in [0.4, 0.5) is 4.39 Å². The van der Waals surface area contributed by atoms with Gasteiger partial charge in [0.2, 0.25) is 5.88 Å². The van der Waals surface area contributed by atoms with Gasteiger partial charge in [0.05, 0.1) is 11.7 Å². The Hall–Kier alpha value is -2.70. The van der Waals surface area contributed by atoms with Gasteiger partial charge < -0.3 is 9.84 Å². The molecule has 6 heteroatoms. The van der Waals surface area contributed by atoms with Gasteiger partial charge in [-0.25, -0.2) is 9.07 Å². The van der Waals surface area contributed by atoms with Gasteiger partial charge in [-0.1, -0.05) is 63.1 Å². The second-order valence-electron chi connectivity index (χ2n) is 8.21. The van der Waals surface area contributed by atoms with Crippen LogP contribution in [0.2, 0.25) is 0 Å². The van der Waals surface area contributed by atoms with E-state index in [9.17, 15) is 9.50 Å². The average molecular weight is 440 g/mol. The third-order valence-corrected chi connectivity index (χ3v) is 5.43. The molecular formula is C26H34FN3O2. The fourth-order valence-corrected chi connectivity index (χ4v) is 3.90. The lowest BCUT2D eigenvalue weighted by Crippen LogP contribution is -2.33. The summed E-state index contributed by atoms with van der Waals surface area (Å²) in [5.41, 5.74) is 2.76. The number of aliphatic hydroxyl groups excluding tert-OH is 1. The molecule has 0 fully saturated rings. The van der Waals surface area contributed by atoms with Crippen LogP contribution in [-0.2, 0) is 13.6 Å². The molecule has 0 saturated heterocycles. The number of rotatable bonds is 12. The van der Waals surface area contributed by atoms with Crippen LogP contribution in [0.5, 0.6) is 11.6 Å². The molecule has 0 bridgehead atoms. The Kier molecular flexibility index (Phi) is 8.82. The van der Waals surface area contributed by atoms with Gasteiger partial charge in [0.15, 0.2) is 0 Å². The van der Waals surface area contributed by atoms with Crippen LogP contribution in [0.1, 0.15) is 45.1 Å². The second kappa shape index (κ2) is 11.8. The minimum Gasteiger partial charge on any atom is -0.439 e. The molecular weight excluding hydrogens is 405 g/mol. The number of nitrogens with zero attached hydrogens (tertiary/aromatic N) is 3.